The molecule has 3 aromatic rings. The Kier molecular flexibility index (Phi) is 5.54. The number of hydrogen-bond acceptors (Lipinski definition) is 5. The van der Waals surface area contributed by atoms with Gasteiger partial charge in [-0.1, -0.05) is 12.1 Å². The lowest BCUT2D eigenvalue weighted by Crippen LogP contribution is -2.32. The lowest BCUT2D eigenvalue weighted by molar-refractivity contribution is 0.0754. The van der Waals surface area contributed by atoms with Gasteiger partial charge in [0, 0.05) is 32.2 Å². The summed E-state index contributed by atoms with van der Waals surface area (Å²) < 4.78 is 6.77. The summed E-state index contributed by atoms with van der Waals surface area (Å²) in [6.45, 7) is 5.78. The Morgan fingerprint density at radius 2 is 1.90 bits per heavy atom. The SMILES string of the molecule is Cc1oc2ncn(C)c(=O)c2c1C(=O)NCc1ccc(C(=O)N(C)C(C)C)cc1. The highest BCUT2D eigenvalue weighted by Gasteiger charge is 2.22. The first kappa shape index (κ1) is 20.3. The van der Waals surface area contributed by atoms with Gasteiger partial charge >= 0.3 is 0 Å². The first-order valence-electron chi connectivity index (χ1n) is 9.29. The average molecular weight is 396 g/mol. The van der Waals surface area contributed by atoms with E-state index in [4.69, 9.17) is 4.42 Å². The zero-order valence-electron chi connectivity index (χ0n) is 17.1. The van der Waals surface area contributed by atoms with Crippen LogP contribution in [0.4, 0.5) is 0 Å². The Hall–Kier alpha value is -3.42. The van der Waals surface area contributed by atoms with Crippen LogP contribution in [-0.2, 0) is 13.6 Å². The second-order valence-electron chi connectivity index (χ2n) is 7.26. The molecule has 1 aromatic carbocycles. The number of rotatable bonds is 5. The monoisotopic (exact) mass is 396 g/mol. The van der Waals surface area contributed by atoms with Gasteiger partial charge < -0.3 is 19.2 Å². The first-order chi connectivity index (χ1) is 13.7. The summed E-state index contributed by atoms with van der Waals surface area (Å²) in [6, 6.07) is 7.17. The highest BCUT2D eigenvalue weighted by molar-refractivity contribution is 6.06. The van der Waals surface area contributed by atoms with Crippen molar-refractivity contribution < 1.29 is 14.0 Å². The fourth-order valence-corrected chi connectivity index (χ4v) is 2.93. The number of aromatic nitrogens is 2. The van der Waals surface area contributed by atoms with Crippen LogP contribution in [0.15, 0.2) is 39.8 Å². The third-order valence-corrected chi connectivity index (χ3v) is 4.92. The van der Waals surface area contributed by atoms with E-state index in [0.717, 1.165) is 5.56 Å². The predicted molar refractivity (Wildman–Crippen MR) is 109 cm³/mol. The fourth-order valence-electron chi connectivity index (χ4n) is 2.93. The maximum atomic E-state index is 12.7. The van der Waals surface area contributed by atoms with Gasteiger partial charge in [0.15, 0.2) is 0 Å². The topological polar surface area (TPSA) is 97.4 Å². The van der Waals surface area contributed by atoms with Crippen molar-refractivity contribution in [1.82, 2.24) is 19.8 Å². The second-order valence-corrected chi connectivity index (χ2v) is 7.26. The molecule has 0 atom stereocenters. The summed E-state index contributed by atoms with van der Waals surface area (Å²) in [5.74, 6) is -0.128. The van der Waals surface area contributed by atoms with E-state index in [1.54, 1.807) is 50.2 Å². The molecule has 0 unspecified atom stereocenters. The molecule has 0 saturated carbocycles. The number of fused-ring (bicyclic) bond motifs is 1. The van der Waals surface area contributed by atoms with Gasteiger partial charge in [0.25, 0.3) is 17.4 Å². The molecule has 1 N–H and O–H groups in total. The van der Waals surface area contributed by atoms with E-state index in [-0.39, 0.29) is 40.7 Å². The van der Waals surface area contributed by atoms with Gasteiger partial charge in [-0.15, -0.1) is 0 Å². The van der Waals surface area contributed by atoms with E-state index in [2.05, 4.69) is 10.3 Å². The minimum absolute atomic E-state index is 0.0561. The van der Waals surface area contributed by atoms with Crippen LogP contribution in [0.2, 0.25) is 0 Å². The number of carbonyl (C=O) groups is 2. The minimum Gasteiger partial charge on any atom is -0.442 e. The normalized spacial score (nSPS) is 11.1. The van der Waals surface area contributed by atoms with E-state index in [1.807, 2.05) is 13.8 Å². The molecule has 0 spiro atoms. The number of carbonyl (C=O) groups excluding carboxylic acids is 2. The van der Waals surface area contributed by atoms with Crippen LogP contribution in [-0.4, -0.2) is 39.4 Å². The fraction of sp³-hybridized carbons (Fsp3) is 0.333. The van der Waals surface area contributed by atoms with Gasteiger partial charge in [-0.05, 0) is 38.5 Å². The molecule has 2 heterocycles. The molecule has 3 rings (SSSR count). The summed E-state index contributed by atoms with van der Waals surface area (Å²) in [5, 5.41) is 2.97. The second kappa shape index (κ2) is 7.90. The molecule has 0 fully saturated rings. The third kappa shape index (κ3) is 3.91. The number of furan rings is 1. The molecule has 0 radical (unpaired) electrons. The summed E-state index contributed by atoms with van der Waals surface area (Å²) in [6.07, 6.45) is 1.36. The third-order valence-electron chi connectivity index (χ3n) is 4.92. The number of benzene rings is 1. The maximum absolute atomic E-state index is 12.7. The van der Waals surface area contributed by atoms with Gasteiger partial charge in [-0.3, -0.25) is 14.4 Å². The van der Waals surface area contributed by atoms with Gasteiger partial charge in [0.05, 0.1) is 5.56 Å². The number of hydrogen-bond donors (Lipinski definition) is 1. The molecule has 29 heavy (non-hydrogen) atoms. The van der Waals surface area contributed by atoms with E-state index in [1.165, 1.54) is 10.9 Å². The van der Waals surface area contributed by atoms with Crippen molar-refractivity contribution in [1.29, 1.82) is 0 Å². The van der Waals surface area contributed by atoms with Gasteiger partial charge in [0.1, 0.15) is 17.5 Å². The average Bonchev–Trinajstić information content (AvgIpc) is 3.05. The van der Waals surface area contributed by atoms with Crippen molar-refractivity contribution in [2.24, 2.45) is 7.05 Å². The largest absolute Gasteiger partial charge is 0.442 e. The van der Waals surface area contributed by atoms with E-state index in [9.17, 15) is 14.4 Å². The number of nitrogens with zero attached hydrogens (tertiary/aromatic N) is 3. The molecule has 152 valence electrons. The molecule has 8 nitrogen and oxygen atoms in total. The van der Waals surface area contributed by atoms with Crippen LogP contribution in [0, 0.1) is 6.92 Å². The van der Waals surface area contributed by atoms with Crippen LogP contribution < -0.4 is 10.9 Å². The quantitative estimate of drug-likeness (QED) is 0.713. The van der Waals surface area contributed by atoms with Crippen molar-refractivity contribution in [3.05, 3.63) is 63.4 Å². The first-order valence-corrected chi connectivity index (χ1v) is 9.29. The van der Waals surface area contributed by atoms with Crippen molar-refractivity contribution in [3.63, 3.8) is 0 Å². The zero-order valence-corrected chi connectivity index (χ0v) is 17.1. The molecule has 0 aliphatic rings. The number of amides is 2. The van der Waals surface area contributed by atoms with Crippen molar-refractivity contribution >= 4 is 22.9 Å². The van der Waals surface area contributed by atoms with Crippen molar-refractivity contribution in [2.45, 2.75) is 33.4 Å². The number of nitrogens with one attached hydrogen (secondary N) is 1. The van der Waals surface area contributed by atoms with Crippen molar-refractivity contribution in [3.8, 4) is 0 Å². The predicted octanol–water partition coefficient (Wildman–Crippen LogP) is 2.25. The van der Waals surface area contributed by atoms with E-state index >= 15 is 0 Å². The Morgan fingerprint density at radius 3 is 2.52 bits per heavy atom. The molecule has 0 bridgehead atoms. The summed E-state index contributed by atoms with van der Waals surface area (Å²) in [5.41, 5.74) is 1.42. The Labute approximate surface area is 168 Å². The van der Waals surface area contributed by atoms with Gasteiger partial charge in [-0.25, -0.2) is 4.98 Å². The highest BCUT2D eigenvalue weighted by Crippen LogP contribution is 2.20. The smallest absolute Gasteiger partial charge is 0.265 e. The Balaban J connectivity index is 1.76. The van der Waals surface area contributed by atoms with E-state index < -0.39 is 5.91 Å². The molecular weight excluding hydrogens is 372 g/mol. The summed E-state index contributed by atoms with van der Waals surface area (Å²) in [4.78, 5) is 43.2. The maximum Gasteiger partial charge on any atom is 0.265 e. The molecule has 2 aromatic heterocycles. The Bertz CT molecular complexity index is 1130. The molecule has 0 saturated heterocycles. The van der Waals surface area contributed by atoms with Crippen LogP contribution in [0.5, 0.6) is 0 Å². The minimum atomic E-state index is -0.411. The van der Waals surface area contributed by atoms with Crippen LogP contribution in [0.25, 0.3) is 11.1 Å². The lowest BCUT2D eigenvalue weighted by Gasteiger charge is -2.21. The van der Waals surface area contributed by atoms with Crippen LogP contribution >= 0.6 is 0 Å². The van der Waals surface area contributed by atoms with Crippen molar-refractivity contribution in [2.75, 3.05) is 7.05 Å². The molecule has 0 aliphatic heterocycles. The van der Waals surface area contributed by atoms with Gasteiger partial charge in [-0.2, -0.15) is 0 Å². The zero-order chi connectivity index (χ0) is 21.3. The molecule has 2 amide bonds. The Morgan fingerprint density at radius 1 is 1.24 bits per heavy atom. The highest BCUT2D eigenvalue weighted by atomic mass is 16.3. The molecule has 0 aliphatic carbocycles. The van der Waals surface area contributed by atoms with Crippen LogP contribution in [0.1, 0.15) is 45.9 Å². The van der Waals surface area contributed by atoms with Gasteiger partial charge in [0.2, 0.25) is 5.71 Å². The summed E-state index contributed by atoms with van der Waals surface area (Å²) in [7, 11) is 3.33. The molecular formula is C21H24N4O4. The molecule has 8 heteroatoms. The van der Waals surface area contributed by atoms with Crippen LogP contribution in [0.3, 0.4) is 0 Å². The lowest BCUT2D eigenvalue weighted by atomic mass is 10.1. The standard InChI is InChI=1S/C21H24N4O4/c1-12(2)25(5)20(27)15-8-6-14(7-9-15)10-22-18(26)16-13(3)29-19-17(16)21(28)24(4)11-23-19/h6-9,11-12H,10H2,1-5H3,(H,22,26). The summed E-state index contributed by atoms with van der Waals surface area (Å²) >= 11 is 0. The van der Waals surface area contributed by atoms with E-state index in [0.29, 0.717) is 11.3 Å². The number of aryl methyl sites for hydroxylation is 2.